The number of halogens is 1. The molecule has 0 radical (unpaired) electrons. The van der Waals surface area contributed by atoms with Crippen LogP contribution in [0.2, 0.25) is 0 Å². The summed E-state index contributed by atoms with van der Waals surface area (Å²) in [6.07, 6.45) is 0.855. The summed E-state index contributed by atoms with van der Waals surface area (Å²) in [7, 11) is 1.63. The van der Waals surface area contributed by atoms with E-state index in [0.717, 1.165) is 16.5 Å². The van der Waals surface area contributed by atoms with E-state index in [1.165, 1.54) is 29.2 Å². The number of rotatable bonds is 10. The molecular formula is C22H25FN4O2S. The summed E-state index contributed by atoms with van der Waals surface area (Å²) in [5.41, 5.74) is 2.55. The molecule has 6 nitrogen and oxygen atoms in total. The zero-order chi connectivity index (χ0) is 21.3. The normalized spacial score (nSPS) is 10.8. The molecule has 1 amide bonds. The van der Waals surface area contributed by atoms with Crippen LogP contribution in [0.15, 0.2) is 48.5 Å². The molecule has 0 atom stereocenters. The lowest BCUT2D eigenvalue weighted by atomic mass is 10.1. The Morgan fingerprint density at radius 2 is 1.93 bits per heavy atom. The molecule has 0 aliphatic rings. The van der Waals surface area contributed by atoms with Crippen molar-refractivity contribution in [1.29, 1.82) is 0 Å². The van der Waals surface area contributed by atoms with Crippen LogP contribution in [0.5, 0.6) is 0 Å². The molecule has 0 aliphatic heterocycles. The monoisotopic (exact) mass is 428 g/mol. The average molecular weight is 429 g/mol. The second-order valence-corrected chi connectivity index (χ2v) is 7.64. The molecule has 1 N–H and O–H groups in total. The van der Waals surface area contributed by atoms with E-state index < -0.39 is 5.82 Å². The number of benzene rings is 2. The number of amides is 1. The van der Waals surface area contributed by atoms with Gasteiger partial charge in [-0.25, -0.2) is 9.37 Å². The zero-order valence-corrected chi connectivity index (χ0v) is 17.9. The standard InChI is InChI=1S/C22H25FN4O2S/c1-16-7-9-17(10-8-16)15-20-25-22(30-26-20)27(13-14-29-2)12-11-21(28)24-19-6-4-3-5-18(19)23/h3-10H,11-15H2,1-2H3,(H,24,28). The minimum Gasteiger partial charge on any atom is -0.383 e. The van der Waals surface area contributed by atoms with Crippen molar-refractivity contribution in [3.63, 3.8) is 0 Å². The number of para-hydroxylation sites is 1. The highest BCUT2D eigenvalue weighted by Gasteiger charge is 2.15. The van der Waals surface area contributed by atoms with Gasteiger partial charge in [0.15, 0.2) is 0 Å². The third-order valence-electron chi connectivity index (χ3n) is 4.53. The lowest BCUT2D eigenvalue weighted by molar-refractivity contribution is -0.116. The minimum atomic E-state index is -0.452. The molecule has 30 heavy (non-hydrogen) atoms. The maximum Gasteiger partial charge on any atom is 0.226 e. The Balaban J connectivity index is 1.61. The molecule has 0 bridgehead atoms. The maximum atomic E-state index is 13.7. The molecule has 3 aromatic rings. The van der Waals surface area contributed by atoms with Crippen LogP contribution >= 0.6 is 11.5 Å². The van der Waals surface area contributed by atoms with E-state index in [1.807, 2.05) is 4.90 Å². The Hall–Kier alpha value is -2.84. The first-order chi connectivity index (χ1) is 14.5. The second-order valence-electron chi connectivity index (χ2n) is 6.91. The number of carbonyl (C=O) groups excluding carboxylic acids is 1. The molecule has 0 aliphatic carbocycles. The Labute approximate surface area is 179 Å². The third-order valence-corrected chi connectivity index (χ3v) is 5.35. The van der Waals surface area contributed by atoms with Gasteiger partial charge in [0.1, 0.15) is 11.6 Å². The van der Waals surface area contributed by atoms with E-state index in [9.17, 15) is 9.18 Å². The van der Waals surface area contributed by atoms with Crippen LogP contribution in [0.3, 0.4) is 0 Å². The SMILES string of the molecule is COCCN(CCC(=O)Nc1ccccc1F)c1nc(Cc2ccc(C)cc2)ns1. The van der Waals surface area contributed by atoms with Gasteiger partial charge in [0.05, 0.1) is 12.3 Å². The van der Waals surface area contributed by atoms with Crippen molar-refractivity contribution in [3.8, 4) is 0 Å². The van der Waals surface area contributed by atoms with Crippen molar-refractivity contribution in [1.82, 2.24) is 9.36 Å². The first-order valence-corrected chi connectivity index (χ1v) is 10.5. The molecule has 0 saturated heterocycles. The average Bonchev–Trinajstić information content (AvgIpc) is 3.20. The Morgan fingerprint density at radius 3 is 2.67 bits per heavy atom. The molecule has 0 unspecified atom stereocenters. The van der Waals surface area contributed by atoms with E-state index in [-0.39, 0.29) is 18.0 Å². The van der Waals surface area contributed by atoms with Crippen molar-refractivity contribution >= 4 is 28.3 Å². The highest BCUT2D eigenvalue weighted by Crippen LogP contribution is 2.20. The molecule has 1 heterocycles. The number of aryl methyl sites for hydroxylation is 1. The first-order valence-electron chi connectivity index (χ1n) is 9.71. The molecule has 3 rings (SSSR count). The van der Waals surface area contributed by atoms with Gasteiger partial charge in [0, 0.05) is 44.6 Å². The van der Waals surface area contributed by atoms with Crippen LogP contribution in [0.4, 0.5) is 15.2 Å². The first kappa shape index (κ1) is 21.9. The largest absolute Gasteiger partial charge is 0.383 e. The lowest BCUT2D eigenvalue weighted by Gasteiger charge is -2.20. The number of hydrogen-bond acceptors (Lipinski definition) is 6. The number of methoxy groups -OCH3 is 1. The summed E-state index contributed by atoms with van der Waals surface area (Å²) < 4.78 is 23.4. The van der Waals surface area contributed by atoms with Crippen molar-refractivity contribution in [3.05, 3.63) is 71.3 Å². The summed E-state index contributed by atoms with van der Waals surface area (Å²) in [6.45, 7) is 3.58. The molecule has 0 saturated carbocycles. The van der Waals surface area contributed by atoms with Gasteiger partial charge in [0.25, 0.3) is 0 Å². The van der Waals surface area contributed by atoms with E-state index in [2.05, 4.69) is 45.9 Å². The van der Waals surface area contributed by atoms with Gasteiger partial charge in [0.2, 0.25) is 11.0 Å². The molecule has 0 spiro atoms. The van der Waals surface area contributed by atoms with E-state index in [0.29, 0.717) is 26.1 Å². The number of nitrogens with zero attached hydrogens (tertiary/aromatic N) is 3. The Bertz CT molecular complexity index is 962. The fraction of sp³-hybridized carbons (Fsp3) is 0.318. The molecule has 0 fully saturated rings. The van der Waals surface area contributed by atoms with Crippen LogP contribution in [0.1, 0.15) is 23.4 Å². The minimum absolute atomic E-state index is 0.183. The van der Waals surface area contributed by atoms with Gasteiger partial charge in [-0.2, -0.15) is 4.37 Å². The molecular weight excluding hydrogens is 403 g/mol. The third kappa shape index (κ3) is 6.33. The Morgan fingerprint density at radius 1 is 1.17 bits per heavy atom. The van der Waals surface area contributed by atoms with Crippen molar-refractivity contribution < 1.29 is 13.9 Å². The molecule has 158 valence electrons. The van der Waals surface area contributed by atoms with Crippen LogP contribution in [-0.4, -0.2) is 42.1 Å². The summed E-state index contributed by atoms with van der Waals surface area (Å²) >= 11 is 1.31. The summed E-state index contributed by atoms with van der Waals surface area (Å²) in [6, 6.07) is 14.4. The fourth-order valence-corrected chi connectivity index (χ4v) is 3.59. The van der Waals surface area contributed by atoms with Crippen LogP contribution in [0.25, 0.3) is 0 Å². The van der Waals surface area contributed by atoms with Crippen molar-refractivity contribution in [2.24, 2.45) is 0 Å². The second kappa shape index (κ2) is 10.8. The smallest absolute Gasteiger partial charge is 0.226 e. The fourth-order valence-electron chi connectivity index (χ4n) is 2.85. The number of nitrogens with one attached hydrogen (secondary N) is 1. The predicted octanol–water partition coefficient (Wildman–Crippen LogP) is 4.06. The van der Waals surface area contributed by atoms with E-state index in [1.54, 1.807) is 19.2 Å². The van der Waals surface area contributed by atoms with Crippen LogP contribution < -0.4 is 10.2 Å². The van der Waals surface area contributed by atoms with Crippen molar-refractivity contribution in [2.75, 3.05) is 37.0 Å². The Kier molecular flexibility index (Phi) is 7.87. The molecule has 2 aromatic carbocycles. The maximum absolute atomic E-state index is 13.7. The quantitative estimate of drug-likeness (QED) is 0.528. The highest BCUT2D eigenvalue weighted by molar-refractivity contribution is 7.09. The summed E-state index contributed by atoms with van der Waals surface area (Å²) in [5, 5.41) is 3.35. The summed E-state index contributed by atoms with van der Waals surface area (Å²) in [4.78, 5) is 18.9. The summed E-state index contributed by atoms with van der Waals surface area (Å²) in [5.74, 6) is 0.0379. The van der Waals surface area contributed by atoms with Gasteiger partial charge in [-0.3, -0.25) is 4.79 Å². The highest BCUT2D eigenvalue weighted by atomic mass is 32.1. The zero-order valence-electron chi connectivity index (χ0n) is 17.1. The predicted molar refractivity (Wildman–Crippen MR) is 118 cm³/mol. The number of carbonyl (C=O) groups is 1. The van der Waals surface area contributed by atoms with E-state index >= 15 is 0 Å². The van der Waals surface area contributed by atoms with Gasteiger partial charge in [-0.1, -0.05) is 42.0 Å². The molecule has 8 heteroatoms. The van der Waals surface area contributed by atoms with E-state index in [4.69, 9.17) is 4.74 Å². The number of ether oxygens (including phenoxy) is 1. The topological polar surface area (TPSA) is 67.3 Å². The van der Waals surface area contributed by atoms with Gasteiger partial charge in [-0.05, 0) is 24.6 Å². The lowest BCUT2D eigenvalue weighted by Crippen LogP contribution is -2.31. The number of anilines is 2. The van der Waals surface area contributed by atoms with Gasteiger partial charge in [-0.15, -0.1) is 0 Å². The van der Waals surface area contributed by atoms with Gasteiger partial charge < -0.3 is 15.0 Å². The number of aromatic nitrogens is 2. The van der Waals surface area contributed by atoms with Crippen LogP contribution in [-0.2, 0) is 16.0 Å². The van der Waals surface area contributed by atoms with Gasteiger partial charge >= 0.3 is 0 Å². The molecule has 1 aromatic heterocycles. The number of hydrogen-bond donors (Lipinski definition) is 1. The van der Waals surface area contributed by atoms with Crippen molar-refractivity contribution in [2.45, 2.75) is 19.8 Å². The van der Waals surface area contributed by atoms with Crippen LogP contribution in [0, 0.1) is 12.7 Å².